The summed E-state index contributed by atoms with van der Waals surface area (Å²) in [6.45, 7) is 1.43. The molecule has 1 aliphatic rings. The van der Waals surface area contributed by atoms with Crippen molar-refractivity contribution in [1.29, 1.82) is 0 Å². The van der Waals surface area contributed by atoms with Crippen molar-refractivity contribution in [3.8, 4) is 10.7 Å². The second-order valence-electron chi connectivity index (χ2n) is 5.11. The van der Waals surface area contributed by atoms with Gasteiger partial charge in [0.1, 0.15) is 5.82 Å². The zero-order valence-corrected chi connectivity index (χ0v) is 13.5. The average molecular weight is 336 g/mol. The molecule has 0 N–H and O–H groups in total. The largest absolute Gasteiger partial charge is 0.347 e. The van der Waals surface area contributed by atoms with E-state index >= 15 is 0 Å². The third-order valence-electron chi connectivity index (χ3n) is 3.68. The first-order valence-electron chi connectivity index (χ1n) is 7.03. The summed E-state index contributed by atoms with van der Waals surface area (Å²) >= 11 is 7.82. The molecule has 22 heavy (non-hydrogen) atoms. The number of thiophene rings is 1. The van der Waals surface area contributed by atoms with E-state index in [1.807, 2.05) is 23.9 Å². The van der Waals surface area contributed by atoms with E-state index in [1.54, 1.807) is 23.6 Å². The highest BCUT2D eigenvalue weighted by molar-refractivity contribution is 7.22. The molecule has 5 nitrogen and oxygen atoms in total. The fraction of sp³-hybridized carbons (Fsp3) is 0.333. The predicted octanol–water partition coefficient (Wildman–Crippen LogP) is 3.79. The monoisotopic (exact) mass is 335 g/mol. The van der Waals surface area contributed by atoms with Gasteiger partial charge in [-0.1, -0.05) is 11.6 Å². The molecule has 4 heterocycles. The zero-order chi connectivity index (χ0) is 15.1. The van der Waals surface area contributed by atoms with Crippen LogP contribution in [0.3, 0.4) is 0 Å². The van der Waals surface area contributed by atoms with Crippen LogP contribution in [0.15, 0.2) is 24.5 Å². The van der Waals surface area contributed by atoms with Crippen molar-refractivity contribution in [1.82, 2.24) is 14.5 Å². The van der Waals surface area contributed by atoms with Crippen LogP contribution in [0.1, 0.15) is 18.4 Å². The SMILES string of the molecule is Cn1c(C2OCCCO2)cnc1-c1cc2nccc(Cl)c2s1. The summed E-state index contributed by atoms with van der Waals surface area (Å²) in [5.74, 6) is 0.867. The van der Waals surface area contributed by atoms with E-state index in [1.165, 1.54) is 0 Å². The minimum absolute atomic E-state index is 0.337. The van der Waals surface area contributed by atoms with Gasteiger partial charge in [0.05, 0.1) is 45.2 Å². The molecule has 3 aromatic rings. The Labute approximate surface area is 136 Å². The van der Waals surface area contributed by atoms with Crippen LogP contribution in [0, 0.1) is 0 Å². The third kappa shape index (κ3) is 2.32. The second kappa shape index (κ2) is 5.62. The van der Waals surface area contributed by atoms with E-state index in [4.69, 9.17) is 21.1 Å². The Hall–Kier alpha value is -1.47. The van der Waals surface area contributed by atoms with Crippen molar-refractivity contribution in [2.45, 2.75) is 12.7 Å². The Morgan fingerprint density at radius 2 is 2.14 bits per heavy atom. The van der Waals surface area contributed by atoms with Gasteiger partial charge in [-0.15, -0.1) is 11.3 Å². The van der Waals surface area contributed by atoms with Crippen LogP contribution in [-0.2, 0) is 16.5 Å². The Balaban J connectivity index is 1.75. The third-order valence-corrected chi connectivity index (χ3v) is 5.26. The van der Waals surface area contributed by atoms with Gasteiger partial charge in [-0.25, -0.2) is 4.98 Å². The van der Waals surface area contributed by atoms with Crippen molar-refractivity contribution >= 4 is 33.2 Å². The first-order valence-corrected chi connectivity index (χ1v) is 8.23. The summed E-state index contributed by atoms with van der Waals surface area (Å²) < 4.78 is 14.3. The molecule has 1 aliphatic heterocycles. The van der Waals surface area contributed by atoms with E-state index < -0.39 is 0 Å². The van der Waals surface area contributed by atoms with Gasteiger partial charge in [0, 0.05) is 13.2 Å². The highest BCUT2D eigenvalue weighted by atomic mass is 35.5. The number of halogens is 1. The number of fused-ring (bicyclic) bond motifs is 1. The van der Waals surface area contributed by atoms with Gasteiger partial charge in [0.25, 0.3) is 0 Å². The van der Waals surface area contributed by atoms with Gasteiger partial charge >= 0.3 is 0 Å². The molecule has 0 bridgehead atoms. The van der Waals surface area contributed by atoms with Crippen LogP contribution in [0.25, 0.3) is 20.9 Å². The quantitative estimate of drug-likeness (QED) is 0.715. The fourth-order valence-corrected chi connectivity index (χ4v) is 3.87. The van der Waals surface area contributed by atoms with E-state index in [-0.39, 0.29) is 6.29 Å². The lowest BCUT2D eigenvalue weighted by atomic mass is 10.3. The van der Waals surface area contributed by atoms with Gasteiger partial charge in [0.2, 0.25) is 6.29 Å². The first-order chi connectivity index (χ1) is 10.7. The van der Waals surface area contributed by atoms with Crippen molar-refractivity contribution in [2.75, 3.05) is 13.2 Å². The summed E-state index contributed by atoms with van der Waals surface area (Å²) in [5, 5.41) is 0.717. The van der Waals surface area contributed by atoms with Crippen LogP contribution >= 0.6 is 22.9 Å². The van der Waals surface area contributed by atoms with Crippen LogP contribution in [0.5, 0.6) is 0 Å². The van der Waals surface area contributed by atoms with Gasteiger partial charge in [-0.2, -0.15) is 0 Å². The molecule has 0 saturated carbocycles. The summed E-state index contributed by atoms with van der Waals surface area (Å²) in [7, 11) is 1.97. The standard InChI is InChI=1S/C15H14ClN3O2S/c1-19-11(15-20-5-2-6-21-15)8-18-14(19)12-7-10-13(22-12)9(16)3-4-17-10/h3-4,7-8,15H,2,5-6H2,1H3. The van der Waals surface area contributed by atoms with Crippen LogP contribution in [0.4, 0.5) is 0 Å². The maximum absolute atomic E-state index is 6.23. The number of hydrogen-bond donors (Lipinski definition) is 0. The zero-order valence-electron chi connectivity index (χ0n) is 12.0. The van der Waals surface area contributed by atoms with E-state index in [0.29, 0.717) is 13.2 Å². The molecule has 0 aromatic carbocycles. The molecule has 0 amide bonds. The molecular weight excluding hydrogens is 322 g/mol. The Kier molecular flexibility index (Phi) is 3.62. The maximum atomic E-state index is 6.23. The van der Waals surface area contributed by atoms with E-state index in [9.17, 15) is 0 Å². The average Bonchev–Trinajstić information content (AvgIpc) is 3.12. The minimum atomic E-state index is -0.337. The number of aromatic nitrogens is 3. The van der Waals surface area contributed by atoms with Crippen molar-refractivity contribution in [3.63, 3.8) is 0 Å². The topological polar surface area (TPSA) is 49.2 Å². The van der Waals surface area contributed by atoms with Crippen molar-refractivity contribution in [2.24, 2.45) is 7.05 Å². The highest BCUT2D eigenvalue weighted by Crippen LogP contribution is 2.36. The molecule has 0 aliphatic carbocycles. The van der Waals surface area contributed by atoms with Crippen LogP contribution < -0.4 is 0 Å². The summed E-state index contributed by atoms with van der Waals surface area (Å²) in [6, 6.07) is 3.82. The lowest BCUT2D eigenvalue weighted by Crippen LogP contribution is -2.19. The Morgan fingerprint density at radius 1 is 1.32 bits per heavy atom. The molecule has 0 atom stereocenters. The summed E-state index contributed by atoms with van der Waals surface area (Å²) in [6.07, 6.45) is 4.12. The molecule has 7 heteroatoms. The molecule has 1 fully saturated rings. The number of nitrogens with zero attached hydrogens (tertiary/aromatic N) is 3. The minimum Gasteiger partial charge on any atom is -0.347 e. The highest BCUT2D eigenvalue weighted by Gasteiger charge is 2.22. The molecular formula is C15H14ClN3O2S. The number of pyridine rings is 1. The summed E-state index contributed by atoms with van der Waals surface area (Å²) in [4.78, 5) is 9.91. The number of rotatable bonds is 2. The molecule has 3 aromatic heterocycles. The summed E-state index contributed by atoms with van der Waals surface area (Å²) in [5.41, 5.74) is 1.81. The Morgan fingerprint density at radius 3 is 2.91 bits per heavy atom. The number of ether oxygens (including phenoxy) is 2. The van der Waals surface area contributed by atoms with Gasteiger partial charge in [0.15, 0.2) is 0 Å². The predicted molar refractivity (Wildman–Crippen MR) is 86.1 cm³/mol. The van der Waals surface area contributed by atoms with Crippen molar-refractivity contribution in [3.05, 3.63) is 35.2 Å². The molecule has 0 radical (unpaired) electrons. The number of imidazole rings is 1. The molecule has 114 valence electrons. The molecule has 4 rings (SSSR count). The lowest BCUT2D eigenvalue weighted by Gasteiger charge is -2.23. The van der Waals surface area contributed by atoms with Crippen LogP contribution in [0.2, 0.25) is 5.02 Å². The van der Waals surface area contributed by atoms with E-state index in [0.717, 1.165) is 38.1 Å². The number of hydrogen-bond acceptors (Lipinski definition) is 5. The fourth-order valence-electron chi connectivity index (χ4n) is 2.55. The maximum Gasteiger partial charge on any atom is 0.200 e. The van der Waals surface area contributed by atoms with E-state index in [2.05, 4.69) is 9.97 Å². The molecule has 0 unspecified atom stereocenters. The first kappa shape index (κ1) is 14.1. The second-order valence-corrected chi connectivity index (χ2v) is 6.57. The lowest BCUT2D eigenvalue weighted by molar-refractivity contribution is -0.186. The smallest absolute Gasteiger partial charge is 0.200 e. The van der Waals surface area contributed by atoms with Gasteiger partial charge in [-0.3, -0.25) is 4.98 Å². The van der Waals surface area contributed by atoms with Crippen molar-refractivity contribution < 1.29 is 9.47 Å². The molecule has 1 saturated heterocycles. The molecule has 0 spiro atoms. The van der Waals surface area contributed by atoms with Crippen LogP contribution in [-0.4, -0.2) is 27.7 Å². The van der Waals surface area contributed by atoms with Gasteiger partial charge < -0.3 is 14.0 Å². The normalized spacial score (nSPS) is 16.5. The Bertz CT molecular complexity index is 823. The van der Waals surface area contributed by atoms with Gasteiger partial charge in [-0.05, 0) is 18.6 Å².